The summed E-state index contributed by atoms with van der Waals surface area (Å²) in [6, 6.07) is 36.3. The van der Waals surface area contributed by atoms with E-state index in [0.29, 0.717) is 5.56 Å². The van der Waals surface area contributed by atoms with E-state index in [0.717, 1.165) is 78.3 Å². The SMILES string of the molecule is CCCCN(c1ccccc1)c1ccc(C(=C2C=CC(=[N+](CCCC)c3ccccc3)C=C2)c2ccccc2[N+](=O)[O-])cc1. The van der Waals surface area contributed by atoms with Crippen LogP contribution in [0, 0.1) is 10.1 Å². The van der Waals surface area contributed by atoms with Crippen molar-refractivity contribution in [1.82, 2.24) is 0 Å². The molecule has 5 heteroatoms. The monoisotopic (exact) mass is 582 g/mol. The van der Waals surface area contributed by atoms with Gasteiger partial charge in [0, 0.05) is 60.3 Å². The van der Waals surface area contributed by atoms with Crippen molar-refractivity contribution in [2.45, 2.75) is 39.5 Å². The van der Waals surface area contributed by atoms with Crippen molar-refractivity contribution in [1.29, 1.82) is 0 Å². The number of nitrogens with zero attached hydrogens (tertiary/aromatic N) is 3. The van der Waals surface area contributed by atoms with Gasteiger partial charge < -0.3 is 4.90 Å². The fourth-order valence-corrected chi connectivity index (χ4v) is 5.60. The molecule has 0 amide bonds. The molecule has 0 aromatic heterocycles. The highest BCUT2D eigenvalue weighted by Crippen LogP contribution is 2.36. The molecule has 0 radical (unpaired) electrons. The van der Waals surface area contributed by atoms with Crippen LogP contribution in [0.15, 0.2) is 139 Å². The average molecular weight is 583 g/mol. The third-order valence-corrected chi connectivity index (χ3v) is 7.91. The minimum Gasteiger partial charge on any atom is -0.341 e. The van der Waals surface area contributed by atoms with E-state index in [-0.39, 0.29) is 10.6 Å². The van der Waals surface area contributed by atoms with Gasteiger partial charge in [-0.3, -0.25) is 10.1 Å². The maximum absolute atomic E-state index is 12.2. The number of rotatable bonds is 12. The van der Waals surface area contributed by atoms with Crippen LogP contribution in [0.25, 0.3) is 5.57 Å². The summed E-state index contributed by atoms with van der Waals surface area (Å²) in [5.41, 5.74) is 7.91. The summed E-state index contributed by atoms with van der Waals surface area (Å²) in [7, 11) is 0. The summed E-state index contributed by atoms with van der Waals surface area (Å²) in [5.74, 6) is 0. The molecule has 0 unspecified atom stereocenters. The number of hydrogen-bond donors (Lipinski definition) is 0. The molecule has 4 aromatic rings. The average Bonchev–Trinajstić information content (AvgIpc) is 3.07. The number of nitro benzene ring substituents is 1. The highest BCUT2D eigenvalue weighted by Gasteiger charge is 2.22. The van der Waals surface area contributed by atoms with Crippen molar-refractivity contribution >= 4 is 34.0 Å². The van der Waals surface area contributed by atoms with Crippen LogP contribution in [0.1, 0.15) is 50.7 Å². The zero-order chi connectivity index (χ0) is 30.7. The van der Waals surface area contributed by atoms with Crippen molar-refractivity contribution in [3.8, 4) is 0 Å². The van der Waals surface area contributed by atoms with Crippen LogP contribution in [-0.4, -0.2) is 28.3 Å². The molecular weight excluding hydrogens is 542 g/mol. The minimum absolute atomic E-state index is 0.0957. The van der Waals surface area contributed by atoms with E-state index in [9.17, 15) is 10.1 Å². The second-order valence-corrected chi connectivity index (χ2v) is 10.9. The lowest BCUT2D eigenvalue weighted by molar-refractivity contribution is -0.439. The number of benzene rings is 4. The molecule has 0 spiro atoms. The van der Waals surface area contributed by atoms with Gasteiger partial charge in [-0.05, 0) is 60.0 Å². The van der Waals surface area contributed by atoms with E-state index >= 15 is 0 Å². The van der Waals surface area contributed by atoms with Crippen LogP contribution < -0.4 is 4.90 Å². The van der Waals surface area contributed by atoms with E-state index in [1.54, 1.807) is 12.1 Å². The van der Waals surface area contributed by atoms with Gasteiger partial charge in [0.2, 0.25) is 11.4 Å². The number of anilines is 2. The van der Waals surface area contributed by atoms with Crippen LogP contribution in [-0.2, 0) is 0 Å². The van der Waals surface area contributed by atoms with Crippen molar-refractivity contribution in [2.75, 3.05) is 18.0 Å². The van der Waals surface area contributed by atoms with Crippen LogP contribution in [0.2, 0.25) is 0 Å². The Bertz CT molecular complexity index is 1670. The molecule has 4 aromatic carbocycles. The molecule has 5 nitrogen and oxygen atoms in total. The second kappa shape index (κ2) is 14.9. The Labute approximate surface area is 261 Å². The molecule has 0 saturated carbocycles. The van der Waals surface area contributed by atoms with Gasteiger partial charge in [-0.2, -0.15) is 4.58 Å². The highest BCUT2D eigenvalue weighted by molar-refractivity contribution is 6.04. The van der Waals surface area contributed by atoms with E-state index in [4.69, 9.17) is 0 Å². The quantitative estimate of drug-likeness (QED) is 0.0949. The second-order valence-electron chi connectivity index (χ2n) is 10.9. The predicted octanol–water partition coefficient (Wildman–Crippen LogP) is 10.0. The molecule has 0 N–H and O–H groups in total. The maximum atomic E-state index is 12.2. The fraction of sp³-hybridized carbons (Fsp3) is 0.205. The number of unbranched alkanes of at least 4 members (excludes halogenated alkanes) is 2. The molecule has 0 bridgehead atoms. The molecule has 44 heavy (non-hydrogen) atoms. The van der Waals surface area contributed by atoms with Crippen molar-refractivity contribution in [3.63, 3.8) is 0 Å². The van der Waals surface area contributed by atoms with Gasteiger partial charge in [-0.1, -0.05) is 87.4 Å². The van der Waals surface area contributed by atoms with Gasteiger partial charge in [0.1, 0.15) is 6.54 Å². The molecular formula is C39H40N3O2+. The maximum Gasteiger partial charge on any atom is 0.277 e. The molecule has 0 aliphatic heterocycles. The first kappa shape index (κ1) is 30.4. The Kier molecular flexibility index (Phi) is 10.3. The molecule has 1 aliphatic rings. The molecule has 222 valence electrons. The van der Waals surface area contributed by atoms with Crippen molar-refractivity contribution in [3.05, 3.63) is 160 Å². The third kappa shape index (κ3) is 7.12. The summed E-state index contributed by atoms with van der Waals surface area (Å²) in [4.78, 5) is 14.2. The Morgan fingerprint density at radius 1 is 0.682 bits per heavy atom. The standard InChI is InChI=1S/C39H40N3O2/c1-3-5-29-40(33-15-9-7-10-16-33)35-25-21-31(22-26-35)39(37-19-13-14-20-38(37)42(43)44)32-23-27-36(28-24-32)41(30-6-4-2)34-17-11-8-12-18-34/h7-28H,3-6,29-30H2,1-2H3/q+1. The first-order valence-electron chi connectivity index (χ1n) is 15.6. The van der Waals surface area contributed by atoms with Gasteiger partial charge in [0.05, 0.1) is 10.5 Å². The number of nitro groups is 1. The smallest absolute Gasteiger partial charge is 0.277 e. The highest BCUT2D eigenvalue weighted by atomic mass is 16.6. The van der Waals surface area contributed by atoms with Gasteiger partial charge in [0.25, 0.3) is 5.69 Å². The number of allylic oxidation sites excluding steroid dienone is 5. The Balaban J connectivity index is 1.60. The Morgan fingerprint density at radius 2 is 1.27 bits per heavy atom. The first-order valence-corrected chi connectivity index (χ1v) is 15.6. The van der Waals surface area contributed by atoms with Crippen LogP contribution in [0.5, 0.6) is 0 Å². The molecule has 1 aliphatic carbocycles. The predicted molar refractivity (Wildman–Crippen MR) is 183 cm³/mol. The normalized spacial score (nSPS) is 12.3. The van der Waals surface area contributed by atoms with Gasteiger partial charge in [0.15, 0.2) is 0 Å². The summed E-state index contributed by atoms with van der Waals surface area (Å²) in [5, 5.41) is 12.2. The molecule has 0 fully saturated rings. The van der Waals surface area contributed by atoms with Crippen LogP contribution in [0.4, 0.5) is 22.7 Å². The van der Waals surface area contributed by atoms with E-state index in [2.05, 4.69) is 120 Å². The molecule has 0 heterocycles. The summed E-state index contributed by atoms with van der Waals surface area (Å²) < 4.78 is 2.33. The largest absolute Gasteiger partial charge is 0.341 e. The van der Waals surface area contributed by atoms with E-state index in [1.165, 1.54) is 0 Å². The zero-order valence-corrected chi connectivity index (χ0v) is 25.6. The third-order valence-electron chi connectivity index (χ3n) is 7.91. The molecule has 0 saturated heterocycles. The summed E-state index contributed by atoms with van der Waals surface area (Å²) in [6.45, 7) is 6.23. The van der Waals surface area contributed by atoms with Gasteiger partial charge in [-0.15, -0.1) is 0 Å². The summed E-state index contributed by atoms with van der Waals surface area (Å²) >= 11 is 0. The van der Waals surface area contributed by atoms with E-state index < -0.39 is 0 Å². The Morgan fingerprint density at radius 3 is 1.91 bits per heavy atom. The lowest BCUT2D eigenvalue weighted by atomic mass is 9.89. The number of para-hydroxylation sites is 3. The minimum atomic E-state index is -0.290. The van der Waals surface area contributed by atoms with Crippen LogP contribution >= 0.6 is 0 Å². The topological polar surface area (TPSA) is 49.4 Å². The van der Waals surface area contributed by atoms with Crippen molar-refractivity contribution in [2.24, 2.45) is 0 Å². The van der Waals surface area contributed by atoms with E-state index in [1.807, 2.05) is 24.3 Å². The number of hydrogen-bond acceptors (Lipinski definition) is 3. The fourth-order valence-electron chi connectivity index (χ4n) is 5.60. The Hall–Kier alpha value is -5.03. The zero-order valence-electron chi connectivity index (χ0n) is 25.6. The first-order chi connectivity index (χ1) is 21.6. The molecule has 0 atom stereocenters. The van der Waals surface area contributed by atoms with Crippen LogP contribution in [0.3, 0.4) is 0 Å². The summed E-state index contributed by atoms with van der Waals surface area (Å²) in [6.07, 6.45) is 12.8. The lowest BCUT2D eigenvalue weighted by Crippen LogP contribution is -2.18. The lowest BCUT2D eigenvalue weighted by Gasteiger charge is -2.25. The van der Waals surface area contributed by atoms with Crippen molar-refractivity contribution < 1.29 is 9.50 Å². The van der Waals surface area contributed by atoms with Gasteiger partial charge in [-0.25, -0.2) is 0 Å². The molecule has 5 rings (SSSR count). The van der Waals surface area contributed by atoms with Gasteiger partial charge >= 0.3 is 0 Å².